The van der Waals surface area contributed by atoms with Crippen LogP contribution < -0.4 is 5.32 Å². The van der Waals surface area contributed by atoms with Gasteiger partial charge in [-0.15, -0.1) is 11.3 Å². The summed E-state index contributed by atoms with van der Waals surface area (Å²) in [6, 6.07) is 4.74. The van der Waals surface area contributed by atoms with Gasteiger partial charge in [0.05, 0.1) is 6.61 Å². The first-order valence-corrected chi connectivity index (χ1v) is 5.99. The van der Waals surface area contributed by atoms with E-state index < -0.39 is 0 Å². The molecule has 0 fully saturated rings. The van der Waals surface area contributed by atoms with Gasteiger partial charge in [0.2, 0.25) is 0 Å². The Hall–Kier alpha value is -0.380. The van der Waals surface area contributed by atoms with Gasteiger partial charge >= 0.3 is 0 Å². The molecule has 1 aromatic rings. The second-order valence-electron chi connectivity index (χ2n) is 3.40. The average molecular weight is 213 g/mol. The lowest BCUT2D eigenvalue weighted by atomic mass is 10.2. The highest BCUT2D eigenvalue weighted by Crippen LogP contribution is 2.08. The van der Waals surface area contributed by atoms with E-state index in [2.05, 4.69) is 29.8 Å². The first-order chi connectivity index (χ1) is 6.86. The van der Waals surface area contributed by atoms with Crippen LogP contribution in [0.2, 0.25) is 0 Å². The third kappa shape index (κ3) is 4.22. The molecule has 0 spiro atoms. The Bertz CT molecular complexity index is 217. The van der Waals surface area contributed by atoms with Gasteiger partial charge in [0.25, 0.3) is 0 Å². The monoisotopic (exact) mass is 213 g/mol. The molecule has 1 atom stereocenters. The van der Waals surface area contributed by atoms with E-state index in [-0.39, 0.29) is 0 Å². The predicted octanol–water partition coefficient (Wildman–Crippen LogP) is 2.65. The Morgan fingerprint density at radius 3 is 3.00 bits per heavy atom. The maximum atomic E-state index is 5.17. The molecule has 0 aliphatic heterocycles. The molecular formula is C11H19NOS. The summed E-state index contributed by atoms with van der Waals surface area (Å²) in [5, 5.41) is 5.62. The number of rotatable bonds is 7. The van der Waals surface area contributed by atoms with Gasteiger partial charge in [0.1, 0.15) is 0 Å². The SMILES string of the molecule is CCCC(COC)NCc1cccs1. The molecule has 3 heteroatoms. The van der Waals surface area contributed by atoms with E-state index in [1.165, 1.54) is 17.7 Å². The molecule has 2 nitrogen and oxygen atoms in total. The maximum absolute atomic E-state index is 5.17. The fraction of sp³-hybridized carbons (Fsp3) is 0.636. The molecule has 1 heterocycles. The molecule has 0 bridgehead atoms. The van der Waals surface area contributed by atoms with Gasteiger partial charge in [-0.3, -0.25) is 0 Å². The Morgan fingerprint density at radius 1 is 1.57 bits per heavy atom. The van der Waals surface area contributed by atoms with Crippen molar-refractivity contribution in [3.8, 4) is 0 Å². The van der Waals surface area contributed by atoms with Crippen molar-refractivity contribution >= 4 is 11.3 Å². The summed E-state index contributed by atoms with van der Waals surface area (Å²) in [5.41, 5.74) is 0. The number of hydrogen-bond donors (Lipinski definition) is 1. The van der Waals surface area contributed by atoms with Crippen molar-refractivity contribution in [1.82, 2.24) is 5.32 Å². The minimum atomic E-state index is 0.493. The smallest absolute Gasteiger partial charge is 0.0615 e. The Morgan fingerprint density at radius 2 is 2.43 bits per heavy atom. The van der Waals surface area contributed by atoms with Gasteiger partial charge in [-0.25, -0.2) is 0 Å². The van der Waals surface area contributed by atoms with Crippen molar-refractivity contribution in [3.63, 3.8) is 0 Å². The maximum Gasteiger partial charge on any atom is 0.0615 e. The van der Waals surface area contributed by atoms with Crippen LogP contribution in [0.3, 0.4) is 0 Å². The number of ether oxygens (including phenoxy) is 1. The molecule has 0 aliphatic carbocycles. The van der Waals surface area contributed by atoms with Crippen LogP contribution in [0.4, 0.5) is 0 Å². The molecule has 1 aromatic heterocycles. The summed E-state index contributed by atoms with van der Waals surface area (Å²) in [7, 11) is 1.76. The Kier molecular flexibility index (Phi) is 5.83. The minimum absolute atomic E-state index is 0.493. The summed E-state index contributed by atoms with van der Waals surface area (Å²) in [4.78, 5) is 1.39. The second kappa shape index (κ2) is 6.98. The van der Waals surface area contributed by atoms with Crippen LogP contribution in [0.5, 0.6) is 0 Å². The summed E-state index contributed by atoms with van der Waals surface area (Å²) < 4.78 is 5.17. The first-order valence-electron chi connectivity index (χ1n) is 5.11. The number of hydrogen-bond acceptors (Lipinski definition) is 3. The van der Waals surface area contributed by atoms with Crippen LogP contribution in [0.1, 0.15) is 24.6 Å². The highest BCUT2D eigenvalue weighted by atomic mass is 32.1. The molecule has 1 unspecified atom stereocenters. The van der Waals surface area contributed by atoms with Gasteiger partial charge in [0, 0.05) is 24.6 Å². The molecule has 0 radical (unpaired) electrons. The summed E-state index contributed by atoms with van der Waals surface area (Å²) in [5.74, 6) is 0. The summed E-state index contributed by atoms with van der Waals surface area (Å²) in [6.07, 6.45) is 2.38. The number of thiophene rings is 1. The minimum Gasteiger partial charge on any atom is -0.383 e. The molecule has 0 saturated carbocycles. The van der Waals surface area contributed by atoms with Gasteiger partial charge in [-0.1, -0.05) is 19.4 Å². The van der Waals surface area contributed by atoms with Crippen LogP contribution in [0.25, 0.3) is 0 Å². The van der Waals surface area contributed by atoms with Crippen LogP contribution >= 0.6 is 11.3 Å². The van der Waals surface area contributed by atoms with Crippen LogP contribution in [-0.4, -0.2) is 19.8 Å². The fourth-order valence-corrected chi connectivity index (χ4v) is 2.11. The van der Waals surface area contributed by atoms with E-state index in [0.29, 0.717) is 6.04 Å². The lowest BCUT2D eigenvalue weighted by Crippen LogP contribution is -2.32. The molecule has 80 valence electrons. The zero-order chi connectivity index (χ0) is 10.2. The third-order valence-corrected chi connectivity index (χ3v) is 3.03. The largest absolute Gasteiger partial charge is 0.383 e. The standard InChI is InChI=1S/C11H19NOS/c1-3-5-10(9-13-2)12-8-11-6-4-7-14-11/h4,6-7,10,12H,3,5,8-9H2,1-2H3. The summed E-state index contributed by atoms with van der Waals surface area (Å²) >= 11 is 1.80. The first kappa shape index (κ1) is 11.7. The van der Waals surface area contributed by atoms with E-state index >= 15 is 0 Å². The average Bonchev–Trinajstić information content (AvgIpc) is 2.67. The second-order valence-corrected chi connectivity index (χ2v) is 4.43. The number of nitrogens with one attached hydrogen (secondary N) is 1. The Labute approximate surface area is 90.3 Å². The van der Waals surface area contributed by atoms with Crippen molar-refractivity contribution < 1.29 is 4.74 Å². The molecule has 0 saturated heterocycles. The molecule has 14 heavy (non-hydrogen) atoms. The predicted molar refractivity (Wildman–Crippen MR) is 61.7 cm³/mol. The lowest BCUT2D eigenvalue weighted by Gasteiger charge is -2.16. The lowest BCUT2D eigenvalue weighted by molar-refractivity contribution is 0.161. The number of methoxy groups -OCH3 is 1. The summed E-state index contributed by atoms with van der Waals surface area (Å²) in [6.45, 7) is 3.97. The van der Waals surface area contributed by atoms with Crippen LogP contribution in [0.15, 0.2) is 17.5 Å². The molecular weight excluding hydrogens is 194 g/mol. The molecule has 0 aromatic carbocycles. The topological polar surface area (TPSA) is 21.3 Å². The Balaban J connectivity index is 2.25. The van der Waals surface area contributed by atoms with Gasteiger partial charge in [0.15, 0.2) is 0 Å². The fourth-order valence-electron chi connectivity index (χ4n) is 1.45. The van der Waals surface area contributed by atoms with Gasteiger partial charge < -0.3 is 10.1 Å². The van der Waals surface area contributed by atoms with Crippen molar-refractivity contribution in [1.29, 1.82) is 0 Å². The van der Waals surface area contributed by atoms with Crippen molar-refractivity contribution in [2.75, 3.05) is 13.7 Å². The van der Waals surface area contributed by atoms with Crippen molar-refractivity contribution in [2.24, 2.45) is 0 Å². The zero-order valence-corrected chi connectivity index (χ0v) is 9.77. The van der Waals surface area contributed by atoms with E-state index in [1.54, 1.807) is 18.4 Å². The zero-order valence-electron chi connectivity index (χ0n) is 8.95. The van der Waals surface area contributed by atoms with Crippen LogP contribution in [-0.2, 0) is 11.3 Å². The van der Waals surface area contributed by atoms with E-state index in [1.807, 2.05) is 0 Å². The quantitative estimate of drug-likeness (QED) is 0.752. The highest BCUT2D eigenvalue weighted by Gasteiger charge is 2.06. The van der Waals surface area contributed by atoms with Gasteiger partial charge in [-0.2, -0.15) is 0 Å². The molecule has 1 rings (SSSR count). The van der Waals surface area contributed by atoms with Crippen molar-refractivity contribution in [3.05, 3.63) is 22.4 Å². The highest BCUT2D eigenvalue weighted by molar-refractivity contribution is 7.09. The van der Waals surface area contributed by atoms with Crippen molar-refractivity contribution in [2.45, 2.75) is 32.4 Å². The molecule has 1 N–H and O–H groups in total. The van der Waals surface area contributed by atoms with Crippen LogP contribution in [0, 0.1) is 0 Å². The van der Waals surface area contributed by atoms with Gasteiger partial charge in [-0.05, 0) is 17.9 Å². The normalized spacial score (nSPS) is 13.0. The van der Waals surface area contributed by atoms with E-state index in [0.717, 1.165) is 13.2 Å². The third-order valence-electron chi connectivity index (χ3n) is 2.15. The molecule has 0 aliphatic rings. The van der Waals surface area contributed by atoms with E-state index in [4.69, 9.17) is 4.74 Å². The molecule has 0 amide bonds. The van der Waals surface area contributed by atoms with E-state index in [9.17, 15) is 0 Å².